The van der Waals surface area contributed by atoms with Gasteiger partial charge in [-0.2, -0.15) is 0 Å². The normalized spacial score (nSPS) is 9.00. The molecule has 0 fully saturated rings. The Bertz CT molecular complexity index is 237. The van der Waals surface area contributed by atoms with Crippen molar-refractivity contribution in [2.45, 2.75) is 6.92 Å². The van der Waals surface area contributed by atoms with Gasteiger partial charge in [-0.15, -0.1) is 0 Å². The van der Waals surface area contributed by atoms with Crippen molar-refractivity contribution in [1.82, 2.24) is 5.32 Å². The van der Waals surface area contributed by atoms with E-state index < -0.39 is 11.9 Å². The Hall–Kier alpha value is -1.76. The number of nitrogens with one attached hydrogen (secondary N) is 1. The quantitative estimate of drug-likeness (QED) is 0.274. The Morgan fingerprint density at radius 3 is 2.75 bits per heavy atom. The summed E-state index contributed by atoms with van der Waals surface area (Å²) >= 11 is 0. The number of amides is 1. The fraction of sp³-hybridized carbons (Fsp3) is 0.250. The summed E-state index contributed by atoms with van der Waals surface area (Å²) in [7, 11) is 0. The van der Waals surface area contributed by atoms with Crippen LogP contribution in [-0.2, 0) is 14.3 Å². The van der Waals surface area contributed by atoms with E-state index in [1.165, 1.54) is 0 Å². The van der Waals surface area contributed by atoms with Crippen LogP contribution >= 0.6 is 0 Å². The third kappa shape index (κ3) is 5.06. The highest BCUT2D eigenvalue weighted by Crippen LogP contribution is 1.80. The van der Waals surface area contributed by atoms with Gasteiger partial charge in [-0.05, 0) is 6.92 Å². The van der Waals surface area contributed by atoms with Crippen LogP contribution in [0.4, 0.5) is 0 Å². The minimum atomic E-state index is -0.565. The maximum Gasteiger partial charge on any atom is 0.330 e. The first-order chi connectivity index (χ1) is 5.70. The lowest BCUT2D eigenvalue weighted by molar-refractivity contribution is -0.137. The molecule has 0 saturated heterocycles. The Balaban J connectivity index is 3.83. The number of hydrogen-bond acceptors (Lipinski definition) is 3. The SMILES string of the molecule is C#CNC(=O)/C=C/C(=O)OCC. The van der Waals surface area contributed by atoms with Gasteiger partial charge in [-0.25, -0.2) is 4.79 Å². The second-order valence-corrected chi connectivity index (χ2v) is 1.72. The van der Waals surface area contributed by atoms with Crippen LogP contribution in [0.2, 0.25) is 0 Å². The second kappa shape index (κ2) is 5.98. The highest BCUT2D eigenvalue weighted by atomic mass is 16.5. The summed E-state index contributed by atoms with van der Waals surface area (Å²) in [6.45, 7) is 1.95. The maximum absolute atomic E-state index is 10.6. The van der Waals surface area contributed by atoms with Crippen LogP contribution in [0.1, 0.15) is 6.92 Å². The van der Waals surface area contributed by atoms with Crippen molar-refractivity contribution in [3.63, 3.8) is 0 Å². The van der Waals surface area contributed by atoms with Gasteiger partial charge in [-0.1, -0.05) is 6.42 Å². The van der Waals surface area contributed by atoms with Gasteiger partial charge in [0.05, 0.1) is 6.61 Å². The van der Waals surface area contributed by atoms with E-state index in [4.69, 9.17) is 6.42 Å². The lowest BCUT2D eigenvalue weighted by Crippen LogP contribution is -2.14. The van der Waals surface area contributed by atoms with E-state index in [0.29, 0.717) is 0 Å². The molecule has 1 N–H and O–H groups in total. The molecule has 0 aromatic rings. The summed E-state index contributed by atoms with van der Waals surface area (Å²) in [5, 5.41) is 2.04. The van der Waals surface area contributed by atoms with Gasteiger partial charge in [0.25, 0.3) is 5.91 Å². The Morgan fingerprint density at radius 2 is 2.25 bits per heavy atom. The summed E-state index contributed by atoms with van der Waals surface area (Å²) in [6, 6.07) is 1.92. The number of esters is 1. The van der Waals surface area contributed by atoms with Crippen LogP contribution in [-0.4, -0.2) is 18.5 Å². The van der Waals surface area contributed by atoms with Crippen LogP contribution in [0.5, 0.6) is 0 Å². The molecule has 0 aliphatic carbocycles. The number of carbonyl (C=O) groups is 2. The van der Waals surface area contributed by atoms with Crippen molar-refractivity contribution >= 4 is 11.9 Å². The summed E-state index contributed by atoms with van der Waals surface area (Å²) in [6.07, 6.45) is 6.78. The zero-order chi connectivity index (χ0) is 9.40. The smallest absolute Gasteiger partial charge is 0.330 e. The van der Waals surface area contributed by atoms with E-state index in [2.05, 4.69) is 4.74 Å². The predicted molar refractivity (Wildman–Crippen MR) is 42.7 cm³/mol. The topological polar surface area (TPSA) is 55.4 Å². The molecule has 0 aliphatic rings. The molecule has 0 unspecified atom stereocenters. The van der Waals surface area contributed by atoms with Crippen molar-refractivity contribution < 1.29 is 14.3 Å². The molecule has 0 bridgehead atoms. The Kier molecular flexibility index (Phi) is 5.11. The molecular formula is C8H9NO3. The molecule has 0 aromatic carbocycles. The number of rotatable bonds is 3. The van der Waals surface area contributed by atoms with E-state index in [-0.39, 0.29) is 6.61 Å². The van der Waals surface area contributed by atoms with Gasteiger partial charge < -0.3 is 4.74 Å². The van der Waals surface area contributed by atoms with Crippen LogP contribution in [0.25, 0.3) is 0 Å². The molecule has 64 valence electrons. The highest BCUT2D eigenvalue weighted by molar-refractivity contribution is 5.95. The molecule has 0 saturated carbocycles. The summed E-state index contributed by atoms with van der Waals surface area (Å²) in [5.74, 6) is -1.09. The largest absolute Gasteiger partial charge is 0.463 e. The van der Waals surface area contributed by atoms with Crippen molar-refractivity contribution in [2.24, 2.45) is 0 Å². The average Bonchev–Trinajstić information content (AvgIpc) is 2.02. The molecular weight excluding hydrogens is 158 g/mol. The number of carbonyl (C=O) groups excluding carboxylic acids is 2. The summed E-state index contributed by atoms with van der Waals surface area (Å²) < 4.78 is 4.51. The fourth-order valence-corrected chi connectivity index (χ4v) is 0.447. The molecule has 4 heteroatoms. The highest BCUT2D eigenvalue weighted by Gasteiger charge is 1.95. The van der Waals surface area contributed by atoms with Crippen molar-refractivity contribution in [2.75, 3.05) is 6.61 Å². The van der Waals surface area contributed by atoms with E-state index in [0.717, 1.165) is 12.2 Å². The zero-order valence-corrected chi connectivity index (χ0v) is 6.66. The average molecular weight is 167 g/mol. The molecule has 1 amide bonds. The number of hydrogen-bond donors (Lipinski definition) is 1. The van der Waals surface area contributed by atoms with E-state index >= 15 is 0 Å². The molecule has 12 heavy (non-hydrogen) atoms. The standard InChI is InChI=1S/C8H9NO3/c1-3-9-7(10)5-6-8(11)12-4-2/h1,5-6H,4H2,2H3,(H,9,10)/b6-5+. The minimum Gasteiger partial charge on any atom is -0.463 e. The first-order valence-corrected chi connectivity index (χ1v) is 3.31. The van der Waals surface area contributed by atoms with E-state index in [1.807, 2.05) is 11.4 Å². The molecule has 0 radical (unpaired) electrons. The third-order valence-corrected chi connectivity index (χ3v) is 0.853. The first-order valence-electron chi connectivity index (χ1n) is 3.31. The molecule has 0 heterocycles. The van der Waals surface area contributed by atoms with E-state index in [9.17, 15) is 9.59 Å². The van der Waals surface area contributed by atoms with Gasteiger partial charge in [0, 0.05) is 18.2 Å². The summed E-state index contributed by atoms with van der Waals surface area (Å²) in [5.41, 5.74) is 0. The third-order valence-electron chi connectivity index (χ3n) is 0.853. The second-order valence-electron chi connectivity index (χ2n) is 1.72. The van der Waals surface area contributed by atoms with Gasteiger partial charge in [0.1, 0.15) is 0 Å². The lowest BCUT2D eigenvalue weighted by Gasteiger charge is -1.93. The first kappa shape index (κ1) is 10.2. The monoisotopic (exact) mass is 167 g/mol. The van der Waals surface area contributed by atoms with Crippen molar-refractivity contribution in [3.05, 3.63) is 12.2 Å². The predicted octanol–water partition coefficient (Wildman–Crippen LogP) is -0.187. The van der Waals surface area contributed by atoms with E-state index in [1.54, 1.807) is 6.92 Å². The number of terminal acetylenes is 1. The van der Waals surface area contributed by atoms with Gasteiger partial charge in [-0.3, -0.25) is 10.1 Å². The molecule has 0 aromatic heterocycles. The Labute approximate surface area is 70.6 Å². The molecule has 4 nitrogen and oxygen atoms in total. The summed E-state index contributed by atoms with van der Waals surface area (Å²) in [4.78, 5) is 21.2. The lowest BCUT2D eigenvalue weighted by atomic mass is 10.5. The number of ether oxygens (including phenoxy) is 1. The maximum atomic E-state index is 10.6. The van der Waals surface area contributed by atoms with Crippen molar-refractivity contribution in [3.8, 4) is 12.5 Å². The zero-order valence-electron chi connectivity index (χ0n) is 6.66. The van der Waals surface area contributed by atoms with Crippen molar-refractivity contribution in [1.29, 1.82) is 0 Å². The molecule has 0 atom stereocenters. The van der Waals surface area contributed by atoms with Gasteiger partial charge >= 0.3 is 5.97 Å². The van der Waals surface area contributed by atoms with Crippen LogP contribution in [0.3, 0.4) is 0 Å². The minimum absolute atomic E-state index is 0.278. The van der Waals surface area contributed by atoms with Gasteiger partial charge in [0.2, 0.25) is 0 Å². The molecule has 0 spiro atoms. The van der Waals surface area contributed by atoms with Crippen LogP contribution in [0, 0.1) is 12.5 Å². The van der Waals surface area contributed by atoms with Gasteiger partial charge in [0.15, 0.2) is 0 Å². The Morgan fingerprint density at radius 1 is 1.58 bits per heavy atom. The molecule has 0 rings (SSSR count). The van der Waals surface area contributed by atoms with Crippen LogP contribution < -0.4 is 5.32 Å². The fourth-order valence-electron chi connectivity index (χ4n) is 0.447. The molecule has 0 aliphatic heterocycles. The van der Waals surface area contributed by atoms with Crippen LogP contribution in [0.15, 0.2) is 12.2 Å².